The smallest absolute Gasteiger partial charge is 0.0252 e. The van der Waals surface area contributed by atoms with Gasteiger partial charge < -0.3 is 4.90 Å². The van der Waals surface area contributed by atoms with Gasteiger partial charge >= 0.3 is 0 Å². The van der Waals surface area contributed by atoms with E-state index in [1.165, 1.54) is 16.7 Å². The third-order valence-corrected chi connectivity index (χ3v) is 3.39. The molecule has 0 aliphatic carbocycles. The highest BCUT2D eigenvalue weighted by Crippen LogP contribution is 2.24. The molecule has 0 amide bonds. The van der Waals surface area contributed by atoms with Crippen LogP contribution in [0.25, 0.3) is 5.57 Å². The van der Waals surface area contributed by atoms with Crippen LogP contribution in [0.5, 0.6) is 0 Å². The molecule has 140 valence electrons. The zero-order valence-corrected chi connectivity index (χ0v) is 17.9. The zero-order valence-electron chi connectivity index (χ0n) is 17.9. The maximum Gasteiger partial charge on any atom is 0.0252 e. The number of hydrogen-bond donors (Lipinski definition) is 0. The Morgan fingerprint density at radius 2 is 1.00 bits per heavy atom. The predicted molar refractivity (Wildman–Crippen MR) is 117 cm³/mol. The first-order chi connectivity index (χ1) is 12.2. The second kappa shape index (κ2) is 17.0. The third kappa shape index (κ3) is 9.89. The highest BCUT2D eigenvalue weighted by atomic mass is 15.1. The maximum atomic E-state index is 2.32. The van der Waals surface area contributed by atoms with Crippen molar-refractivity contribution >= 4 is 5.57 Å². The van der Waals surface area contributed by atoms with E-state index < -0.39 is 0 Å². The average molecular weight is 342 g/mol. The molecule has 0 saturated heterocycles. The van der Waals surface area contributed by atoms with Gasteiger partial charge in [0.05, 0.1) is 0 Å². The van der Waals surface area contributed by atoms with Crippen molar-refractivity contribution in [2.24, 2.45) is 0 Å². The molecule has 0 fully saturated rings. The van der Waals surface area contributed by atoms with E-state index in [2.05, 4.69) is 92.7 Å². The van der Waals surface area contributed by atoms with Gasteiger partial charge in [-0.25, -0.2) is 0 Å². The van der Waals surface area contributed by atoms with Gasteiger partial charge in [-0.1, -0.05) is 108 Å². The quantitative estimate of drug-likeness (QED) is 0.571. The first-order valence-corrected chi connectivity index (χ1v) is 9.67. The normalized spacial score (nSPS) is 10.0. The van der Waals surface area contributed by atoms with Crippen LogP contribution in [0, 0.1) is 0 Å². The lowest BCUT2D eigenvalue weighted by Crippen LogP contribution is -2.22. The van der Waals surface area contributed by atoms with Crippen LogP contribution in [0.1, 0.15) is 59.6 Å². The van der Waals surface area contributed by atoms with Crippen molar-refractivity contribution in [3.8, 4) is 0 Å². The van der Waals surface area contributed by atoms with Crippen molar-refractivity contribution < 1.29 is 0 Å². The monoisotopic (exact) mass is 341 g/mol. The molecule has 1 heteroatoms. The third-order valence-electron chi connectivity index (χ3n) is 3.39. The summed E-state index contributed by atoms with van der Waals surface area (Å²) in [6.07, 6.45) is 2.32. The van der Waals surface area contributed by atoms with E-state index in [0.29, 0.717) is 6.04 Å². The summed E-state index contributed by atoms with van der Waals surface area (Å²) in [5.41, 5.74) is 3.83. The number of rotatable bonds is 4. The highest BCUT2D eigenvalue weighted by molar-refractivity contribution is 5.80. The fourth-order valence-electron chi connectivity index (χ4n) is 1.98. The van der Waals surface area contributed by atoms with Crippen LogP contribution in [0.4, 0.5) is 0 Å². The van der Waals surface area contributed by atoms with Crippen LogP contribution in [-0.4, -0.2) is 25.0 Å². The van der Waals surface area contributed by atoms with E-state index in [0.717, 1.165) is 0 Å². The Morgan fingerprint density at radius 1 is 0.680 bits per heavy atom. The Bertz CT molecular complexity index is 485. The van der Waals surface area contributed by atoms with Crippen LogP contribution < -0.4 is 0 Å². The second-order valence-electron chi connectivity index (χ2n) is 5.02. The second-order valence-corrected chi connectivity index (χ2v) is 5.02. The summed E-state index contributed by atoms with van der Waals surface area (Å²) in [5, 5.41) is 0. The Balaban J connectivity index is 0. The summed E-state index contributed by atoms with van der Waals surface area (Å²) in [6.45, 7) is 14.2. The minimum absolute atomic E-state index is 0.399. The molecule has 1 atom stereocenters. The first kappa shape index (κ1) is 25.4. The van der Waals surface area contributed by atoms with E-state index in [1.807, 2.05) is 41.5 Å². The summed E-state index contributed by atoms with van der Waals surface area (Å²) >= 11 is 0. The number of benzene rings is 2. The molecule has 0 aromatic heterocycles. The van der Waals surface area contributed by atoms with E-state index in [-0.39, 0.29) is 0 Å². The van der Waals surface area contributed by atoms with Crippen LogP contribution in [0.15, 0.2) is 66.7 Å². The summed E-state index contributed by atoms with van der Waals surface area (Å²) in [5.74, 6) is 0. The standard InChI is InChI=1S/C18H21N.3C2H6/c1-15(19(2)3)14-18(16-10-6-4-7-11-16)17-12-8-5-9-13-17;3*1-2/h4-15H,1-3H3;3*1-2H3. The van der Waals surface area contributed by atoms with Crippen molar-refractivity contribution in [1.29, 1.82) is 0 Å². The van der Waals surface area contributed by atoms with Gasteiger partial charge in [0.15, 0.2) is 0 Å². The lowest BCUT2D eigenvalue weighted by atomic mass is 9.96. The Morgan fingerprint density at radius 3 is 1.28 bits per heavy atom. The molecule has 0 radical (unpaired) electrons. The summed E-state index contributed by atoms with van der Waals surface area (Å²) in [4.78, 5) is 2.21. The lowest BCUT2D eigenvalue weighted by molar-refractivity contribution is 0.364. The summed E-state index contributed by atoms with van der Waals surface area (Å²) in [7, 11) is 4.21. The van der Waals surface area contributed by atoms with Gasteiger partial charge in [0.25, 0.3) is 0 Å². The molecule has 2 rings (SSSR count). The fourth-order valence-corrected chi connectivity index (χ4v) is 1.98. The molecule has 2 aromatic rings. The molecule has 25 heavy (non-hydrogen) atoms. The van der Waals surface area contributed by atoms with Crippen molar-refractivity contribution in [2.45, 2.75) is 54.5 Å². The number of nitrogens with zero attached hydrogens (tertiary/aromatic N) is 1. The van der Waals surface area contributed by atoms with Gasteiger partial charge in [-0.3, -0.25) is 0 Å². The van der Waals surface area contributed by atoms with Crippen molar-refractivity contribution in [1.82, 2.24) is 4.90 Å². The van der Waals surface area contributed by atoms with Gasteiger partial charge in [0.1, 0.15) is 0 Å². The average Bonchev–Trinajstić information content (AvgIpc) is 2.71. The van der Waals surface area contributed by atoms with Crippen molar-refractivity contribution in [2.75, 3.05) is 14.1 Å². The molecule has 0 aliphatic heterocycles. The Labute approximate surface area is 157 Å². The van der Waals surface area contributed by atoms with Crippen molar-refractivity contribution in [3.05, 3.63) is 77.9 Å². The summed E-state index contributed by atoms with van der Waals surface area (Å²) in [6, 6.07) is 21.5. The largest absolute Gasteiger partial charge is 0.303 e. The minimum Gasteiger partial charge on any atom is -0.303 e. The van der Waals surface area contributed by atoms with Gasteiger partial charge in [0.2, 0.25) is 0 Å². The van der Waals surface area contributed by atoms with Gasteiger partial charge in [0, 0.05) is 6.04 Å². The Hall–Kier alpha value is -1.86. The molecule has 0 spiro atoms. The molecule has 0 aliphatic rings. The molecule has 1 nitrogen and oxygen atoms in total. The molecular weight excluding hydrogens is 302 g/mol. The lowest BCUT2D eigenvalue weighted by Gasteiger charge is -2.18. The van der Waals surface area contributed by atoms with Crippen LogP contribution in [-0.2, 0) is 0 Å². The molecular formula is C24H39N. The Kier molecular flexibility index (Phi) is 17.2. The molecule has 0 N–H and O–H groups in total. The topological polar surface area (TPSA) is 3.24 Å². The SMILES string of the molecule is CC.CC.CC.CC(C=C(c1ccccc1)c1ccccc1)N(C)C. The highest BCUT2D eigenvalue weighted by Gasteiger charge is 2.08. The fraction of sp³-hybridized carbons (Fsp3) is 0.417. The molecule has 0 heterocycles. The van der Waals surface area contributed by atoms with E-state index >= 15 is 0 Å². The molecule has 1 unspecified atom stereocenters. The van der Waals surface area contributed by atoms with Crippen LogP contribution in [0.3, 0.4) is 0 Å². The van der Waals surface area contributed by atoms with Crippen molar-refractivity contribution in [3.63, 3.8) is 0 Å². The van der Waals surface area contributed by atoms with Gasteiger partial charge in [-0.05, 0) is 37.7 Å². The van der Waals surface area contributed by atoms with Crippen LogP contribution in [0.2, 0.25) is 0 Å². The van der Waals surface area contributed by atoms with E-state index in [4.69, 9.17) is 0 Å². The van der Waals surface area contributed by atoms with Crippen LogP contribution >= 0.6 is 0 Å². The number of likely N-dealkylation sites (N-methyl/N-ethyl adjacent to an activating group) is 1. The maximum absolute atomic E-state index is 2.32. The molecule has 0 saturated carbocycles. The first-order valence-electron chi connectivity index (χ1n) is 9.67. The predicted octanol–water partition coefficient (Wildman–Crippen LogP) is 7.15. The molecule has 0 bridgehead atoms. The van der Waals surface area contributed by atoms with Gasteiger partial charge in [-0.2, -0.15) is 0 Å². The minimum atomic E-state index is 0.399. The van der Waals surface area contributed by atoms with Gasteiger partial charge in [-0.15, -0.1) is 0 Å². The molecule has 2 aromatic carbocycles. The zero-order chi connectivity index (χ0) is 19.7. The number of hydrogen-bond acceptors (Lipinski definition) is 1. The van der Waals surface area contributed by atoms with E-state index in [1.54, 1.807) is 0 Å². The van der Waals surface area contributed by atoms with E-state index in [9.17, 15) is 0 Å². The summed E-state index contributed by atoms with van der Waals surface area (Å²) < 4.78 is 0.